The molecule has 20 heavy (non-hydrogen) atoms. The van der Waals surface area contributed by atoms with Crippen molar-refractivity contribution in [3.63, 3.8) is 0 Å². The molecule has 2 aliphatic heterocycles. The van der Waals surface area contributed by atoms with Crippen molar-refractivity contribution >= 4 is 12.1 Å². The van der Waals surface area contributed by atoms with Crippen molar-refractivity contribution in [2.75, 3.05) is 6.54 Å². The SMILES string of the molecule is C[C@@H](NC(=O)C1NNC2=CC=NCC21)C1CCCCC1. The number of hydrazine groups is 1. The van der Waals surface area contributed by atoms with Gasteiger partial charge in [0.05, 0.1) is 0 Å². The van der Waals surface area contributed by atoms with Crippen LogP contribution in [0.3, 0.4) is 0 Å². The number of carbonyl (C=O) groups excluding carboxylic acids is 1. The van der Waals surface area contributed by atoms with E-state index in [1.165, 1.54) is 32.1 Å². The molecule has 0 bridgehead atoms. The summed E-state index contributed by atoms with van der Waals surface area (Å²) < 4.78 is 0. The first kappa shape index (κ1) is 13.6. The summed E-state index contributed by atoms with van der Waals surface area (Å²) in [5.74, 6) is 0.890. The number of fused-ring (bicyclic) bond motifs is 1. The van der Waals surface area contributed by atoms with Gasteiger partial charge in [-0.2, -0.15) is 0 Å². The van der Waals surface area contributed by atoms with Crippen molar-refractivity contribution in [3.05, 3.63) is 11.8 Å². The maximum atomic E-state index is 12.5. The van der Waals surface area contributed by atoms with Crippen molar-refractivity contribution < 1.29 is 4.79 Å². The third kappa shape index (κ3) is 2.73. The summed E-state index contributed by atoms with van der Waals surface area (Å²) in [6, 6.07) is 0.0643. The first-order valence-electron chi connectivity index (χ1n) is 7.77. The number of hydrogen-bond acceptors (Lipinski definition) is 4. The van der Waals surface area contributed by atoms with Gasteiger partial charge in [0, 0.05) is 30.4 Å². The highest BCUT2D eigenvalue weighted by Gasteiger charge is 2.37. The Labute approximate surface area is 120 Å². The minimum atomic E-state index is -0.204. The quantitative estimate of drug-likeness (QED) is 0.724. The Morgan fingerprint density at radius 1 is 1.40 bits per heavy atom. The average Bonchev–Trinajstić information content (AvgIpc) is 2.92. The number of rotatable bonds is 3. The van der Waals surface area contributed by atoms with E-state index in [4.69, 9.17) is 0 Å². The van der Waals surface area contributed by atoms with Crippen LogP contribution in [0.2, 0.25) is 0 Å². The van der Waals surface area contributed by atoms with Gasteiger partial charge in [-0.15, -0.1) is 0 Å². The molecular weight excluding hydrogens is 252 g/mol. The normalized spacial score (nSPS) is 31.1. The lowest BCUT2D eigenvalue weighted by Crippen LogP contribution is -2.50. The molecule has 1 saturated heterocycles. The summed E-state index contributed by atoms with van der Waals surface area (Å²) in [5.41, 5.74) is 7.27. The summed E-state index contributed by atoms with van der Waals surface area (Å²) in [6.07, 6.45) is 10.2. The first-order chi connectivity index (χ1) is 9.75. The van der Waals surface area contributed by atoms with Crippen molar-refractivity contribution in [2.45, 2.75) is 51.1 Å². The monoisotopic (exact) mass is 276 g/mol. The Hall–Kier alpha value is -1.36. The molecule has 3 aliphatic rings. The highest BCUT2D eigenvalue weighted by Crippen LogP contribution is 2.27. The molecule has 110 valence electrons. The number of carbonyl (C=O) groups is 1. The van der Waals surface area contributed by atoms with Crippen LogP contribution in [0.15, 0.2) is 16.8 Å². The Morgan fingerprint density at radius 2 is 2.20 bits per heavy atom. The van der Waals surface area contributed by atoms with Gasteiger partial charge in [-0.3, -0.25) is 9.79 Å². The molecule has 5 nitrogen and oxygen atoms in total. The summed E-state index contributed by atoms with van der Waals surface area (Å²) in [7, 11) is 0. The molecule has 0 aromatic heterocycles. The standard InChI is InChI=1S/C15H24N4O/c1-10(11-5-3-2-4-6-11)17-15(20)14-12-9-16-8-7-13(12)18-19-14/h7-8,10-12,14,18-19H,2-6,9H2,1H3,(H,17,20)/t10-,12?,14?/m1/s1. The van der Waals surface area contributed by atoms with E-state index in [-0.39, 0.29) is 23.9 Å². The highest BCUT2D eigenvalue weighted by molar-refractivity contribution is 5.84. The molecule has 2 heterocycles. The van der Waals surface area contributed by atoms with Crippen LogP contribution in [0.1, 0.15) is 39.0 Å². The maximum absolute atomic E-state index is 12.5. The zero-order valence-electron chi connectivity index (χ0n) is 12.1. The van der Waals surface area contributed by atoms with Crippen LogP contribution >= 0.6 is 0 Å². The van der Waals surface area contributed by atoms with E-state index in [2.05, 4.69) is 28.1 Å². The van der Waals surface area contributed by atoms with Gasteiger partial charge in [0.2, 0.25) is 5.91 Å². The van der Waals surface area contributed by atoms with Crippen LogP contribution in [0.5, 0.6) is 0 Å². The Morgan fingerprint density at radius 3 is 3.00 bits per heavy atom. The van der Waals surface area contributed by atoms with E-state index in [1.54, 1.807) is 6.21 Å². The van der Waals surface area contributed by atoms with Gasteiger partial charge in [0.1, 0.15) is 6.04 Å². The molecule has 3 rings (SSSR count). The van der Waals surface area contributed by atoms with E-state index >= 15 is 0 Å². The second kappa shape index (κ2) is 5.95. The number of nitrogens with one attached hydrogen (secondary N) is 3. The van der Waals surface area contributed by atoms with Crippen LogP contribution in [0, 0.1) is 11.8 Å². The third-order valence-corrected chi connectivity index (χ3v) is 4.84. The van der Waals surface area contributed by atoms with Gasteiger partial charge in [0.25, 0.3) is 0 Å². The average molecular weight is 276 g/mol. The van der Waals surface area contributed by atoms with E-state index in [9.17, 15) is 4.79 Å². The van der Waals surface area contributed by atoms with Crippen molar-refractivity contribution in [1.82, 2.24) is 16.2 Å². The minimum absolute atomic E-state index is 0.0982. The predicted molar refractivity (Wildman–Crippen MR) is 79.2 cm³/mol. The molecular formula is C15H24N4O. The van der Waals surface area contributed by atoms with Gasteiger partial charge < -0.3 is 10.7 Å². The largest absolute Gasteiger partial charge is 0.352 e. The topological polar surface area (TPSA) is 65.5 Å². The van der Waals surface area contributed by atoms with Gasteiger partial charge >= 0.3 is 0 Å². The number of aliphatic imine (C=N–C) groups is 1. The lowest BCUT2D eigenvalue weighted by atomic mass is 9.84. The highest BCUT2D eigenvalue weighted by atomic mass is 16.2. The number of nitrogens with zero attached hydrogens (tertiary/aromatic N) is 1. The smallest absolute Gasteiger partial charge is 0.239 e. The van der Waals surface area contributed by atoms with Gasteiger partial charge in [0.15, 0.2) is 0 Å². The molecule has 2 unspecified atom stereocenters. The number of dihydropyridines is 1. The molecule has 1 amide bonds. The fourth-order valence-corrected chi connectivity index (χ4v) is 3.52. The first-order valence-corrected chi connectivity index (χ1v) is 7.77. The van der Waals surface area contributed by atoms with Crippen LogP contribution in [-0.4, -0.2) is 30.8 Å². The molecule has 0 spiro atoms. The summed E-state index contributed by atoms with van der Waals surface area (Å²) in [6.45, 7) is 2.83. The fraction of sp³-hybridized carbons (Fsp3) is 0.733. The van der Waals surface area contributed by atoms with Crippen molar-refractivity contribution in [2.24, 2.45) is 16.8 Å². The van der Waals surface area contributed by atoms with Gasteiger partial charge in [-0.05, 0) is 31.8 Å². The summed E-state index contributed by atoms with van der Waals surface area (Å²) >= 11 is 0. The van der Waals surface area contributed by atoms with E-state index < -0.39 is 0 Å². The van der Waals surface area contributed by atoms with Crippen molar-refractivity contribution in [3.8, 4) is 0 Å². The Bertz CT molecular complexity index is 426. The van der Waals surface area contributed by atoms with E-state index in [0.717, 1.165) is 5.70 Å². The minimum Gasteiger partial charge on any atom is -0.352 e. The summed E-state index contributed by atoms with van der Waals surface area (Å²) in [5, 5.41) is 3.20. The third-order valence-electron chi connectivity index (χ3n) is 4.84. The lowest BCUT2D eigenvalue weighted by Gasteiger charge is -2.29. The Kier molecular flexibility index (Phi) is 4.05. The number of allylic oxidation sites excluding steroid dienone is 1. The zero-order valence-corrected chi connectivity index (χ0v) is 12.1. The van der Waals surface area contributed by atoms with Gasteiger partial charge in [-0.1, -0.05) is 19.3 Å². The molecule has 0 aromatic carbocycles. The van der Waals surface area contributed by atoms with Crippen LogP contribution < -0.4 is 16.2 Å². The summed E-state index contributed by atoms with van der Waals surface area (Å²) in [4.78, 5) is 16.7. The van der Waals surface area contributed by atoms with Crippen molar-refractivity contribution in [1.29, 1.82) is 0 Å². The molecule has 2 fully saturated rings. The van der Waals surface area contributed by atoms with Crippen LogP contribution in [0.4, 0.5) is 0 Å². The molecule has 1 saturated carbocycles. The van der Waals surface area contributed by atoms with Crippen LogP contribution in [-0.2, 0) is 4.79 Å². The molecule has 5 heteroatoms. The zero-order chi connectivity index (χ0) is 13.9. The predicted octanol–water partition coefficient (Wildman–Crippen LogP) is 1.13. The molecule has 3 N–H and O–H groups in total. The number of hydrogen-bond donors (Lipinski definition) is 3. The van der Waals surface area contributed by atoms with E-state index in [1.807, 2.05) is 6.08 Å². The number of amides is 1. The Balaban J connectivity index is 1.56. The molecule has 0 radical (unpaired) electrons. The maximum Gasteiger partial charge on any atom is 0.239 e. The van der Waals surface area contributed by atoms with E-state index in [0.29, 0.717) is 12.5 Å². The molecule has 0 aromatic rings. The van der Waals surface area contributed by atoms with Crippen LogP contribution in [0.25, 0.3) is 0 Å². The lowest BCUT2D eigenvalue weighted by molar-refractivity contribution is -0.124. The second-order valence-electron chi connectivity index (χ2n) is 6.19. The fourth-order valence-electron chi connectivity index (χ4n) is 3.52. The van der Waals surface area contributed by atoms with Gasteiger partial charge in [-0.25, -0.2) is 5.43 Å². The second-order valence-corrected chi connectivity index (χ2v) is 6.19. The molecule has 3 atom stereocenters. The molecule has 1 aliphatic carbocycles.